The molecule has 0 saturated heterocycles. The van der Waals surface area contributed by atoms with Gasteiger partial charge in [-0.1, -0.05) is 18.2 Å². The molecule has 7 nitrogen and oxygen atoms in total. The van der Waals surface area contributed by atoms with Crippen molar-refractivity contribution in [1.82, 2.24) is 20.2 Å². The molecular formula is C12H17N7. The summed E-state index contributed by atoms with van der Waals surface area (Å²) in [6.07, 6.45) is 0.509. The van der Waals surface area contributed by atoms with E-state index in [9.17, 15) is 0 Å². The number of nitrogens with two attached hydrogens (primary N) is 1. The zero-order valence-electron chi connectivity index (χ0n) is 10.8. The van der Waals surface area contributed by atoms with E-state index in [2.05, 4.69) is 20.3 Å². The van der Waals surface area contributed by atoms with Crippen molar-refractivity contribution in [1.29, 1.82) is 5.41 Å². The molecule has 2 aromatic rings. The van der Waals surface area contributed by atoms with Gasteiger partial charge in [0, 0.05) is 18.7 Å². The zero-order chi connectivity index (χ0) is 13.7. The number of nitrogens with zero attached hydrogens (tertiary/aromatic N) is 5. The van der Waals surface area contributed by atoms with Gasteiger partial charge in [0.25, 0.3) is 0 Å². The molecule has 0 bridgehead atoms. The van der Waals surface area contributed by atoms with Gasteiger partial charge >= 0.3 is 0 Å². The van der Waals surface area contributed by atoms with E-state index in [-0.39, 0.29) is 5.84 Å². The summed E-state index contributed by atoms with van der Waals surface area (Å²) in [5.74, 6) is 0.822. The van der Waals surface area contributed by atoms with Gasteiger partial charge in [0.15, 0.2) is 5.82 Å². The van der Waals surface area contributed by atoms with Crippen LogP contribution in [0.2, 0.25) is 0 Å². The van der Waals surface area contributed by atoms with Crippen LogP contribution in [0.4, 0.5) is 5.69 Å². The highest BCUT2D eigenvalue weighted by Gasteiger charge is 2.10. The van der Waals surface area contributed by atoms with Crippen LogP contribution in [0.15, 0.2) is 30.3 Å². The van der Waals surface area contributed by atoms with Gasteiger partial charge in [0.1, 0.15) is 0 Å². The molecule has 0 unspecified atom stereocenters. The van der Waals surface area contributed by atoms with Gasteiger partial charge in [-0.3, -0.25) is 5.41 Å². The Labute approximate surface area is 111 Å². The fourth-order valence-corrected chi connectivity index (χ4v) is 1.75. The summed E-state index contributed by atoms with van der Waals surface area (Å²) in [6.45, 7) is 1.20. The molecule has 1 aromatic carbocycles. The quantitative estimate of drug-likeness (QED) is 0.583. The molecule has 0 spiro atoms. The summed E-state index contributed by atoms with van der Waals surface area (Å²) < 4.78 is 0. The third-order valence-corrected chi connectivity index (χ3v) is 2.65. The first-order chi connectivity index (χ1) is 9.15. The summed E-state index contributed by atoms with van der Waals surface area (Å²) in [4.78, 5) is 3.52. The lowest BCUT2D eigenvalue weighted by atomic mass is 10.2. The number of aryl methyl sites for hydroxylation is 1. The molecule has 0 aliphatic heterocycles. The maximum absolute atomic E-state index is 7.34. The monoisotopic (exact) mass is 259 g/mol. The Hall–Kier alpha value is -2.44. The lowest BCUT2D eigenvalue weighted by molar-refractivity contribution is 0.626. The molecule has 0 atom stereocenters. The van der Waals surface area contributed by atoms with Crippen LogP contribution in [0, 0.1) is 5.41 Å². The van der Waals surface area contributed by atoms with Crippen LogP contribution < -0.4 is 10.6 Å². The van der Waals surface area contributed by atoms with Gasteiger partial charge in [0.2, 0.25) is 0 Å². The average molecular weight is 259 g/mol. The molecule has 0 aliphatic carbocycles. The summed E-state index contributed by atoms with van der Waals surface area (Å²) in [6, 6.07) is 9.93. The third kappa shape index (κ3) is 3.77. The number of benzene rings is 1. The molecule has 1 aromatic heterocycles. The number of aromatic nitrogens is 4. The van der Waals surface area contributed by atoms with E-state index in [0.717, 1.165) is 5.69 Å². The first kappa shape index (κ1) is 13.0. The van der Waals surface area contributed by atoms with Crippen molar-refractivity contribution in [3.63, 3.8) is 0 Å². The molecule has 19 heavy (non-hydrogen) atoms. The van der Waals surface area contributed by atoms with Crippen molar-refractivity contribution in [3.05, 3.63) is 36.2 Å². The Morgan fingerprint density at radius 3 is 2.68 bits per heavy atom. The topological polar surface area (TPSA) is 96.7 Å². The van der Waals surface area contributed by atoms with Gasteiger partial charge in [-0.05, 0) is 17.3 Å². The molecule has 1 heterocycles. The Balaban J connectivity index is 2.12. The predicted molar refractivity (Wildman–Crippen MR) is 72.8 cm³/mol. The molecule has 100 valence electrons. The molecule has 0 fully saturated rings. The minimum absolute atomic E-state index is 0.174. The van der Waals surface area contributed by atoms with Crippen molar-refractivity contribution in [3.8, 4) is 0 Å². The SMILES string of the molecule is Cn1nnc(CN(CCC(=N)N)c2ccccc2)n1. The molecule has 0 aliphatic rings. The summed E-state index contributed by atoms with van der Waals surface area (Å²) in [5.41, 5.74) is 6.48. The van der Waals surface area contributed by atoms with Crippen molar-refractivity contribution < 1.29 is 0 Å². The Bertz CT molecular complexity index is 534. The standard InChI is InChI=1S/C12H17N7/c1-18-16-12(15-17-18)9-19(8-7-11(13)14)10-5-3-2-4-6-10/h2-6H,7-9H2,1H3,(H3,13,14). The van der Waals surface area contributed by atoms with E-state index in [0.29, 0.717) is 25.3 Å². The highest BCUT2D eigenvalue weighted by Crippen LogP contribution is 2.15. The molecule has 2 rings (SSSR count). The van der Waals surface area contributed by atoms with E-state index in [1.165, 1.54) is 4.80 Å². The molecule has 3 N–H and O–H groups in total. The van der Waals surface area contributed by atoms with Gasteiger partial charge in [-0.15, -0.1) is 10.2 Å². The second-order valence-corrected chi connectivity index (χ2v) is 4.23. The number of anilines is 1. The first-order valence-corrected chi connectivity index (χ1v) is 6.01. The molecule has 7 heteroatoms. The molecule has 0 amide bonds. The Morgan fingerprint density at radius 2 is 2.11 bits per heavy atom. The second kappa shape index (κ2) is 5.94. The zero-order valence-corrected chi connectivity index (χ0v) is 10.8. The van der Waals surface area contributed by atoms with E-state index in [1.54, 1.807) is 7.05 Å². The van der Waals surface area contributed by atoms with Crippen LogP contribution >= 0.6 is 0 Å². The largest absolute Gasteiger partial charge is 0.388 e. The van der Waals surface area contributed by atoms with E-state index in [1.807, 2.05) is 30.3 Å². The predicted octanol–water partition coefficient (Wildman–Crippen LogP) is 0.543. The molecular weight excluding hydrogens is 242 g/mol. The second-order valence-electron chi connectivity index (χ2n) is 4.23. The number of hydrogen-bond donors (Lipinski definition) is 2. The van der Waals surface area contributed by atoms with Gasteiger partial charge in [-0.25, -0.2) is 0 Å². The average Bonchev–Trinajstić information content (AvgIpc) is 2.81. The third-order valence-electron chi connectivity index (χ3n) is 2.65. The fourth-order valence-electron chi connectivity index (χ4n) is 1.75. The number of para-hydroxylation sites is 1. The van der Waals surface area contributed by atoms with E-state index in [4.69, 9.17) is 11.1 Å². The summed E-state index contributed by atoms with van der Waals surface area (Å²) in [7, 11) is 1.74. The lowest BCUT2D eigenvalue weighted by Crippen LogP contribution is -2.28. The highest BCUT2D eigenvalue weighted by atomic mass is 15.6. The number of nitrogens with one attached hydrogen (secondary N) is 1. The van der Waals surface area contributed by atoms with Gasteiger partial charge in [0.05, 0.1) is 19.4 Å². The smallest absolute Gasteiger partial charge is 0.193 e. The maximum Gasteiger partial charge on any atom is 0.193 e. The fraction of sp³-hybridized carbons (Fsp3) is 0.333. The Kier molecular flexibility index (Phi) is 4.07. The van der Waals surface area contributed by atoms with E-state index >= 15 is 0 Å². The Morgan fingerprint density at radius 1 is 1.37 bits per heavy atom. The number of amidine groups is 1. The van der Waals surface area contributed by atoms with Gasteiger partial charge in [-0.2, -0.15) is 4.80 Å². The highest BCUT2D eigenvalue weighted by molar-refractivity contribution is 5.77. The van der Waals surface area contributed by atoms with Crippen molar-refractivity contribution in [2.24, 2.45) is 12.8 Å². The normalized spacial score (nSPS) is 10.4. The number of hydrogen-bond acceptors (Lipinski definition) is 5. The lowest BCUT2D eigenvalue weighted by Gasteiger charge is -2.23. The van der Waals surface area contributed by atoms with Crippen LogP contribution in [0.5, 0.6) is 0 Å². The molecule has 0 saturated carbocycles. The number of tetrazole rings is 1. The summed E-state index contributed by atoms with van der Waals surface area (Å²) in [5, 5.41) is 19.3. The van der Waals surface area contributed by atoms with Crippen LogP contribution in [0.1, 0.15) is 12.2 Å². The van der Waals surface area contributed by atoms with Crippen molar-refractivity contribution in [2.75, 3.05) is 11.4 Å². The van der Waals surface area contributed by atoms with Crippen molar-refractivity contribution in [2.45, 2.75) is 13.0 Å². The maximum atomic E-state index is 7.34. The first-order valence-electron chi connectivity index (χ1n) is 6.01. The number of rotatable bonds is 6. The van der Waals surface area contributed by atoms with Crippen LogP contribution in [-0.2, 0) is 13.6 Å². The van der Waals surface area contributed by atoms with Crippen molar-refractivity contribution >= 4 is 11.5 Å². The van der Waals surface area contributed by atoms with E-state index < -0.39 is 0 Å². The van der Waals surface area contributed by atoms with Gasteiger partial charge < -0.3 is 10.6 Å². The summed E-state index contributed by atoms with van der Waals surface area (Å²) >= 11 is 0. The van der Waals surface area contributed by atoms with Crippen LogP contribution in [0.25, 0.3) is 0 Å². The minimum Gasteiger partial charge on any atom is -0.388 e. The van der Waals surface area contributed by atoms with Crippen LogP contribution in [-0.4, -0.2) is 32.6 Å². The van der Waals surface area contributed by atoms with Crippen LogP contribution in [0.3, 0.4) is 0 Å². The molecule has 0 radical (unpaired) electrons. The minimum atomic E-state index is 0.174.